The Bertz CT molecular complexity index is 1560. The molecule has 3 aromatic rings. The number of fused-ring (bicyclic) bond motifs is 2. The summed E-state index contributed by atoms with van der Waals surface area (Å²) in [5.74, 6) is 4.83. The number of likely N-dealkylation sites (tertiary alicyclic amines) is 1. The van der Waals surface area contributed by atoms with Gasteiger partial charge in [0.2, 0.25) is 0 Å². The molecular weight excluding hydrogens is 491 g/mol. The summed E-state index contributed by atoms with van der Waals surface area (Å²) in [4.78, 5) is 21.9. The van der Waals surface area contributed by atoms with Crippen LogP contribution in [0.2, 0.25) is 0 Å². The third kappa shape index (κ3) is 5.30. The van der Waals surface area contributed by atoms with Crippen LogP contribution in [0.3, 0.4) is 0 Å². The van der Waals surface area contributed by atoms with E-state index in [4.69, 9.17) is 5.73 Å². The number of carbonyl (C=O) groups excluding carboxylic acids is 1. The van der Waals surface area contributed by atoms with E-state index in [1.165, 1.54) is 12.3 Å². The predicted octanol–water partition coefficient (Wildman–Crippen LogP) is 4.46. The molecule has 2 aliphatic rings. The van der Waals surface area contributed by atoms with Gasteiger partial charge in [-0.05, 0) is 81.8 Å². The van der Waals surface area contributed by atoms with E-state index in [0.29, 0.717) is 34.5 Å². The SMILES string of the molecule is Cc1ccc(C(=O)Nc2cc(N3C[C@H]4C[C@@H]3CN4C)cc(C(C)(C)C#N)c2)cc1C#Cc1cnc(N)c(F)c1. The average molecular weight is 523 g/mol. The fourth-order valence-electron chi connectivity index (χ4n) is 5.21. The number of nitrogens with one attached hydrogen (secondary N) is 1. The van der Waals surface area contributed by atoms with Crippen LogP contribution in [-0.4, -0.2) is 48.0 Å². The molecule has 2 atom stereocenters. The number of benzene rings is 2. The Balaban J connectivity index is 1.42. The van der Waals surface area contributed by atoms with Crippen LogP contribution < -0.4 is 16.0 Å². The van der Waals surface area contributed by atoms with Gasteiger partial charge in [-0.3, -0.25) is 9.69 Å². The zero-order chi connectivity index (χ0) is 27.9. The Labute approximate surface area is 228 Å². The van der Waals surface area contributed by atoms with E-state index in [0.717, 1.165) is 36.3 Å². The second kappa shape index (κ2) is 10.1. The highest BCUT2D eigenvalue weighted by Crippen LogP contribution is 2.37. The van der Waals surface area contributed by atoms with E-state index >= 15 is 0 Å². The summed E-state index contributed by atoms with van der Waals surface area (Å²) in [5, 5.41) is 12.8. The minimum absolute atomic E-state index is 0.176. The zero-order valence-electron chi connectivity index (χ0n) is 22.5. The van der Waals surface area contributed by atoms with Crippen LogP contribution in [-0.2, 0) is 5.41 Å². The quantitative estimate of drug-likeness (QED) is 0.491. The molecule has 1 amide bonds. The third-order valence-electron chi connectivity index (χ3n) is 7.73. The van der Waals surface area contributed by atoms with Crippen molar-refractivity contribution in [1.29, 1.82) is 5.26 Å². The number of nitriles is 1. The van der Waals surface area contributed by atoms with E-state index in [9.17, 15) is 14.4 Å². The van der Waals surface area contributed by atoms with Crippen LogP contribution >= 0.6 is 0 Å². The van der Waals surface area contributed by atoms with Gasteiger partial charge in [0.1, 0.15) is 0 Å². The Kier molecular flexibility index (Phi) is 6.76. The van der Waals surface area contributed by atoms with Gasteiger partial charge in [0.25, 0.3) is 5.91 Å². The number of amides is 1. The van der Waals surface area contributed by atoms with Crippen molar-refractivity contribution in [3.8, 4) is 17.9 Å². The number of nitrogen functional groups attached to an aromatic ring is 1. The second-order valence-electron chi connectivity index (χ2n) is 11.0. The van der Waals surface area contributed by atoms with Crippen LogP contribution in [0.15, 0.2) is 48.7 Å². The Morgan fingerprint density at radius 2 is 1.95 bits per heavy atom. The topological polar surface area (TPSA) is 98.3 Å². The van der Waals surface area contributed by atoms with E-state index < -0.39 is 11.2 Å². The van der Waals surface area contributed by atoms with Crippen molar-refractivity contribution in [2.24, 2.45) is 0 Å². The van der Waals surface area contributed by atoms with Gasteiger partial charge in [-0.25, -0.2) is 9.37 Å². The molecule has 2 aliphatic heterocycles. The Hall–Kier alpha value is -4.40. The molecule has 2 bridgehead atoms. The van der Waals surface area contributed by atoms with Crippen molar-refractivity contribution in [2.75, 3.05) is 36.1 Å². The minimum Gasteiger partial charge on any atom is -0.381 e. The average Bonchev–Trinajstić information content (AvgIpc) is 3.49. The largest absolute Gasteiger partial charge is 0.381 e. The Morgan fingerprint density at radius 3 is 2.62 bits per heavy atom. The molecule has 3 N–H and O–H groups in total. The molecule has 8 heteroatoms. The molecule has 39 heavy (non-hydrogen) atoms. The first kappa shape index (κ1) is 26.2. The maximum absolute atomic E-state index is 13.7. The summed E-state index contributed by atoms with van der Waals surface area (Å²) in [6, 6.07) is 15.8. The number of likely N-dealkylation sites (N-methyl/N-ethyl adjacent to an activating group) is 1. The Morgan fingerprint density at radius 1 is 1.15 bits per heavy atom. The number of nitrogens with zero attached hydrogens (tertiary/aromatic N) is 4. The zero-order valence-corrected chi connectivity index (χ0v) is 22.5. The number of anilines is 3. The smallest absolute Gasteiger partial charge is 0.255 e. The highest BCUT2D eigenvalue weighted by molar-refractivity contribution is 6.05. The van der Waals surface area contributed by atoms with Crippen molar-refractivity contribution >= 4 is 23.1 Å². The van der Waals surface area contributed by atoms with Crippen LogP contribution in [0.1, 0.15) is 52.9 Å². The number of hydrogen-bond donors (Lipinski definition) is 2. The molecule has 0 spiro atoms. The van der Waals surface area contributed by atoms with Gasteiger partial charge in [0, 0.05) is 59.4 Å². The van der Waals surface area contributed by atoms with E-state index in [-0.39, 0.29) is 11.7 Å². The van der Waals surface area contributed by atoms with Crippen LogP contribution in [0.4, 0.5) is 21.6 Å². The first-order valence-corrected chi connectivity index (χ1v) is 12.9. The lowest BCUT2D eigenvalue weighted by atomic mass is 9.85. The lowest BCUT2D eigenvalue weighted by Crippen LogP contribution is -2.44. The van der Waals surface area contributed by atoms with Crippen LogP contribution in [0.5, 0.6) is 0 Å². The summed E-state index contributed by atoms with van der Waals surface area (Å²) < 4.78 is 13.7. The van der Waals surface area contributed by atoms with Gasteiger partial charge < -0.3 is 16.0 Å². The lowest BCUT2D eigenvalue weighted by molar-refractivity contribution is 0.102. The fraction of sp³-hybridized carbons (Fsp3) is 0.323. The number of pyridine rings is 1. The van der Waals surface area contributed by atoms with E-state index in [1.54, 1.807) is 12.1 Å². The fourth-order valence-corrected chi connectivity index (χ4v) is 5.21. The number of hydrogen-bond acceptors (Lipinski definition) is 6. The molecule has 3 heterocycles. The minimum atomic E-state index is -0.714. The molecular formula is C31H31FN6O. The third-order valence-corrected chi connectivity index (χ3v) is 7.73. The van der Waals surface area contributed by atoms with Crippen molar-refractivity contribution in [1.82, 2.24) is 9.88 Å². The number of rotatable bonds is 4. The highest BCUT2D eigenvalue weighted by atomic mass is 19.1. The standard InChI is InChI=1S/C31H31FN6O/c1-19-5-7-22(10-21(19)8-6-20-9-28(32)29(34)35-15-20)30(39)36-24-11-23(31(2,3)18-33)12-25(13-24)38-17-26-14-27(38)16-37(26)4/h5,7,9-13,15,26-27H,14,16-17H2,1-4H3,(H2,34,35)(H,36,39)/t26-,27-/m1/s1. The molecule has 2 saturated heterocycles. The van der Waals surface area contributed by atoms with Crippen LogP contribution in [0, 0.1) is 35.9 Å². The van der Waals surface area contributed by atoms with Crippen LogP contribution in [0.25, 0.3) is 0 Å². The van der Waals surface area contributed by atoms with Crippen molar-refractivity contribution in [2.45, 2.75) is 44.7 Å². The van der Waals surface area contributed by atoms with Gasteiger partial charge in [0.05, 0.1) is 11.5 Å². The molecule has 1 aromatic heterocycles. The number of halogens is 1. The molecule has 198 valence electrons. The molecule has 7 nitrogen and oxygen atoms in total. The molecule has 2 fully saturated rings. The normalized spacial score (nSPS) is 18.4. The van der Waals surface area contributed by atoms with E-state index in [1.807, 2.05) is 39.0 Å². The molecule has 0 radical (unpaired) electrons. The predicted molar refractivity (Wildman–Crippen MR) is 151 cm³/mol. The maximum Gasteiger partial charge on any atom is 0.255 e. The molecule has 0 aliphatic carbocycles. The number of nitrogens with two attached hydrogens (primary N) is 1. The van der Waals surface area contributed by atoms with Gasteiger partial charge in [-0.2, -0.15) is 5.26 Å². The van der Waals surface area contributed by atoms with Crippen molar-refractivity contribution < 1.29 is 9.18 Å². The summed E-state index contributed by atoms with van der Waals surface area (Å²) in [6.07, 6.45) is 2.53. The van der Waals surface area contributed by atoms with Gasteiger partial charge in [-0.15, -0.1) is 0 Å². The van der Waals surface area contributed by atoms with Gasteiger partial charge >= 0.3 is 0 Å². The summed E-state index contributed by atoms with van der Waals surface area (Å²) in [6.45, 7) is 7.60. The van der Waals surface area contributed by atoms with Crippen molar-refractivity contribution in [3.05, 3.63) is 82.3 Å². The summed E-state index contributed by atoms with van der Waals surface area (Å²) >= 11 is 0. The molecule has 0 unspecified atom stereocenters. The van der Waals surface area contributed by atoms with E-state index in [2.05, 4.69) is 51.1 Å². The lowest BCUT2D eigenvalue weighted by Gasteiger charge is -2.34. The monoisotopic (exact) mass is 522 g/mol. The van der Waals surface area contributed by atoms with Gasteiger partial charge in [-0.1, -0.05) is 17.9 Å². The maximum atomic E-state index is 13.7. The summed E-state index contributed by atoms with van der Waals surface area (Å²) in [7, 11) is 2.16. The summed E-state index contributed by atoms with van der Waals surface area (Å²) in [5.41, 5.74) is 9.62. The first-order chi connectivity index (χ1) is 18.5. The first-order valence-electron chi connectivity index (χ1n) is 12.9. The second-order valence-corrected chi connectivity index (χ2v) is 11.0. The van der Waals surface area contributed by atoms with Crippen molar-refractivity contribution in [3.63, 3.8) is 0 Å². The van der Waals surface area contributed by atoms with Gasteiger partial charge in [0.15, 0.2) is 11.6 Å². The highest BCUT2D eigenvalue weighted by Gasteiger charge is 2.41. The number of piperazine rings is 1. The molecule has 0 saturated carbocycles. The number of aryl methyl sites for hydroxylation is 1. The number of aromatic nitrogens is 1. The molecule has 5 rings (SSSR count). The molecule has 2 aromatic carbocycles. The number of carbonyl (C=O) groups is 1.